The molecule has 1 aromatic carbocycles. The van der Waals surface area contributed by atoms with E-state index in [0.29, 0.717) is 17.9 Å². The molecule has 0 spiro atoms. The minimum Gasteiger partial charge on any atom is -0.494 e. The molecule has 4 nitrogen and oxygen atoms in total. The van der Waals surface area contributed by atoms with Crippen molar-refractivity contribution in [1.82, 2.24) is 0 Å². The summed E-state index contributed by atoms with van der Waals surface area (Å²) in [4.78, 5) is 10.7. The molecule has 16 heavy (non-hydrogen) atoms. The second kappa shape index (κ2) is 5.51. The highest BCUT2D eigenvalue weighted by atomic mass is 16.5. The van der Waals surface area contributed by atoms with Gasteiger partial charge >= 0.3 is 5.97 Å². The Kier molecular flexibility index (Phi) is 4.31. The van der Waals surface area contributed by atoms with Gasteiger partial charge in [-0.2, -0.15) is 0 Å². The molecule has 1 rings (SSSR count). The number of aliphatic hydroxyl groups excluding tert-OH is 1. The van der Waals surface area contributed by atoms with E-state index in [0.717, 1.165) is 0 Å². The highest BCUT2D eigenvalue weighted by Crippen LogP contribution is 2.25. The fraction of sp³-hybridized carbons (Fsp3) is 0.417. The topological polar surface area (TPSA) is 66.8 Å². The molecule has 0 aliphatic heterocycles. The van der Waals surface area contributed by atoms with Gasteiger partial charge in [0.2, 0.25) is 0 Å². The van der Waals surface area contributed by atoms with Gasteiger partial charge in [0.15, 0.2) is 0 Å². The van der Waals surface area contributed by atoms with Crippen LogP contribution in [-0.2, 0) is 4.79 Å². The molecule has 0 radical (unpaired) electrons. The molecule has 0 aliphatic rings. The van der Waals surface area contributed by atoms with Crippen LogP contribution in [0.1, 0.15) is 25.5 Å². The Morgan fingerprint density at radius 3 is 2.75 bits per heavy atom. The number of carbonyl (C=O) groups is 1. The van der Waals surface area contributed by atoms with Crippen LogP contribution in [0.3, 0.4) is 0 Å². The molecule has 88 valence electrons. The summed E-state index contributed by atoms with van der Waals surface area (Å²) in [6.07, 6.45) is -1.02. The minimum atomic E-state index is -1.02. The number of aliphatic carboxylic acids is 1. The second-order valence-corrected chi connectivity index (χ2v) is 3.58. The van der Waals surface area contributed by atoms with Crippen molar-refractivity contribution in [2.45, 2.75) is 20.0 Å². The molecular weight excluding hydrogens is 208 g/mol. The number of ether oxygens (including phenoxy) is 1. The number of benzene rings is 1. The van der Waals surface area contributed by atoms with E-state index in [4.69, 9.17) is 9.84 Å². The average molecular weight is 224 g/mol. The maximum absolute atomic E-state index is 10.7. The van der Waals surface area contributed by atoms with Crippen molar-refractivity contribution >= 4 is 5.97 Å². The molecule has 0 saturated carbocycles. The van der Waals surface area contributed by atoms with E-state index in [2.05, 4.69) is 0 Å². The van der Waals surface area contributed by atoms with Crippen molar-refractivity contribution in [1.29, 1.82) is 0 Å². The summed E-state index contributed by atoms with van der Waals surface area (Å²) in [5, 5.41) is 18.6. The van der Waals surface area contributed by atoms with E-state index in [-0.39, 0.29) is 0 Å². The van der Waals surface area contributed by atoms with E-state index in [1.165, 1.54) is 6.92 Å². The molecule has 2 atom stereocenters. The first-order valence-corrected chi connectivity index (χ1v) is 5.20. The summed E-state index contributed by atoms with van der Waals surface area (Å²) in [6, 6.07) is 6.85. The van der Waals surface area contributed by atoms with E-state index in [1.807, 2.05) is 6.92 Å². The van der Waals surface area contributed by atoms with Crippen LogP contribution in [0.2, 0.25) is 0 Å². The van der Waals surface area contributed by atoms with Gasteiger partial charge in [-0.15, -0.1) is 0 Å². The summed E-state index contributed by atoms with van der Waals surface area (Å²) in [7, 11) is 0. The van der Waals surface area contributed by atoms with Crippen molar-refractivity contribution in [3.63, 3.8) is 0 Å². The van der Waals surface area contributed by atoms with Crippen LogP contribution in [0, 0.1) is 5.92 Å². The zero-order valence-corrected chi connectivity index (χ0v) is 9.38. The molecule has 0 saturated heterocycles. The highest BCUT2D eigenvalue weighted by molar-refractivity contribution is 5.70. The smallest absolute Gasteiger partial charge is 0.309 e. The van der Waals surface area contributed by atoms with Crippen LogP contribution in [-0.4, -0.2) is 22.8 Å². The monoisotopic (exact) mass is 224 g/mol. The summed E-state index contributed by atoms with van der Waals surface area (Å²) in [5.74, 6) is -1.22. The van der Waals surface area contributed by atoms with Crippen molar-refractivity contribution in [2.24, 2.45) is 5.92 Å². The number of aliphatic hydroxyl groups is 1. The lowest BCUT2D eigenvalue weighted by atomic mass is 9.97. The van der Waals surface area contributed by atoms with Crippen LogP contribution in [0.15, 0.2) is 24.3 Å². The number of carboxylic acid groups (broad SMARTS) is 1. The van der Waals surface area contributed by atoms with Gasteiger partial charge in [-0.25, -0.2) is 0 Å². The first-order valence-electron chi connectivity index (χ1n) is 5.20. The minimum absolute atomic E-state index is 0.536. The summed E-state index contributed by atoms with van der Waals surface area (Å²) in [6.45, 7) is 3.87. The van der Waals surface area contributed by atoms with Crippen molar-refractivity contribution < 1.29 is 19.7 Å². The van der Waals surface area contributed by atoms with Gasteiger partial charge in [0.05, 0.1) is 18.6 Å². The lowest BCUT2D eigenvalue weighted by Gasteiger charge is -2.16. The Morgan fingerprint density at radius 1 is 1.50 bits per heavy atom. The quantitative estimate of drug-likeness (QED) is 0.800. The molecule has 0 amide bonds. The number of carboxylic acids is 1. The van der Waals surface area contributed by atoms with Gasteiger partial charge < -0.3 is 14.9 Å². The van der Waals surface area contributed by atoms with Gasteiger partial charge in [0.25, 0.3) is 0 Å². The third-order valence-electron chi connectivity index (χ3n) is 2.37. The first-order chi connectivity index (χ1) is 7.56. The van der Waals surface area contributed by atoms with E-state index < -0.39 is 18.0 Å². The Labute approximate surface area is 94.5 Å². The van der Waals surface area contributed by atoms with Gasteiger partial charge in [-0.1, -0.05) is 12.1 Å². The highest BCUT2D eigenvalue weighted by Gasteiger charge is 2.22. The summed E-state index contributed by atoms with van der Waals surface area (Å²) >= 11 is 0. The van der Waals surface area contributed by atoms with Crippen LogP contribution in [0.25, 0.3) is 0 Å². The zero-order chi connectivity index (χ0) is 12.1. The standard InChI is InChI=1S/C12H16O4/c1-3-16-10-6-4-5-9(7-10)11(13)8(2)12(14)15/h4-8,11,13H,3H2,1-2H3,(H,14,15). The summed E-state index contributed by atoms with van der Waals surface area (Å²) in [5.41, 5.74) is 0.556. The lowest BCUT2D eigenvalue weighted by Crippen LogP contribution is -2.18. The van der Waals surface area contributed by atoms with Gasteiger partial charge in [-0.3, -0.25) is 4.79 Å². The van der Waals surface area contributed by atoms with Crippen molar-refractivity contribution in [2.75, 3.05) is 6.61 Å². The predicted octanol–water partition coefficient (Wildman–Crippen LogP) is 1.84. The SMILES string of the molecule is CCOc1cccc(C(O)C(C)C(=O)O)c1. The van der Waals surface area contributed by atoms with E-state index in [9.17, 15) is 9.90 Å². The lowest BCUT2D eigenvalue weighted by molar-refractivity contribution is -0.145. The molecule has 0 aliphatic carbocycles. The van der Waals surface area contributed by atoms with Gasteiger partial charge in [0, 0.05) is 0 Å². The molecule has 4 heteroatoms. The Morgan fingerprint density at radius 2 is 2.19 bits per heavy atom. The molecule has 1 aromatic rings. The Balaban J connectivity index is 2.86. The van der Waals surface area contributed by atoms with E-state index >= 15 is 0 Å². The molecule has 0 aromatic heterocycles. The fourth-order valence-electron chi connectivity index (χ4n) is 1.38. The fourth-order valence-corrected chi connectivity index (χ4v) is 1.38. The molecule has 2 N–H and O–H groups in total. The van der Waals surface area contributed by atoms with Gasteiger partial charge in [-0.05, 0) is 31.5 Å². The maximum Gasteiger partial charge on any atom is 0.309 e. The summed E-state index contributed by atoms with van der Waals surface area (Å²) < 4.78 is 5.28. The van der Waals surface area contributed by atoms with Crippen LogP contribution in [0.4, 0.5) is 0 Å². The van der Waals surface area contributed by atoms with Crippen LogP contribution >= 0.6 is 0 Å². The third kappa shape index (κ3) is 2.97. The van der Waals surface area contributed by atoms with Crippen LogP contribution < -0.4 is 4.74 Å². The molecular formula is C12H16O4. The van der Waals surface area contributed by atoms with Crippen molar-refractivity contribution in [3.05, 3.63) is 29.8 Å². The van der Waals surface area contributed by atoms with Gasteiger partial charge in [0.1, 0.15) is 5.75 Å². The normalized spacial score (nSPS) is 14.2. The number of rotatable bonds is 5. The predicted molar refractivity (Wildman–Crippen MR) is 59.4 cm³/mol. The average Bonchev–Trinajstić information content (AvgIpc) is 2.28. The number of hydrogen-bond donors (Lipinski definition) is 2. The molecule has 0 fully saturated rings. The maximum atomic E-state index is 10.7. The Bertz CT molecular complexity index is 362. The largest absolute Gasteiger partial charge is 0.494 e. The van der Waals surface area contributed by atoms with Crippen LogP contribution in [0.5, 0.6) is 5.75 Å². The molecule has 0 bridgehead atoms. The zero-order valence-electron chi connectivity index (χ0n) is 9.38. The molecule has 0 heterocycles. The van der Waals surface area contributed by atoms with E-state index in [1.54, 1.807) is 24.3 Å². The second-order valence-electron chi connectivity index (χ2n) is 3.58. The first kappa shape index (κ1) is 12.5. The molecule has 2 unspecified atom stereocenters. The third-order valence-corrected chi connectivity index (χ3v) is 2.37. The number of hydrogen-bond acceptors (Lipinski definition) is 3. The van der Waals surface area contributed by atoms with Crippen molar-refractivity contribution in [3.8, 4) is 5.75 Å². The Hall–Kier alpha value is -1.55.